The number of rotatable bonds is 6. The fraction of sp³-hybridized carbons (Fsp3) is 1.00. The summed E-state index contributed by atoms with van der Waals surface area (Å²) in [4.78, 5) is 0. The molecule has 0 aromatic heterocycles. The maximum Gasteiger partial charge on any atom is 0.435 e. The monoisotopic (exact) mass is 528 g/mol. The van der Waals surface area contributed by atoms with Gasteiger partial charge < -0.3 is 14.6 Å². The van der Waals surface area contributed by atoms with Crippen molar-refractivity contribution >= 4 is 0 Å². The van der Waals surface area contributed by atoms with Crippen LogP contribution in [0.5, 0.6) is 0 Å². The van der Waals surface area contributed by atoms with Gasteiger partial charge in [-0.1, -0.05) is 0 Å². The predicted molar refractivity (Wildman–Crippen MR) is 59.7 cm³/mol. The average Bonchev–Trinajstić information content (AvgIpc) is 2.38. The molecule has 21 heteroatoms. The van der Waals surface area contributed by atoms with Crippen LogP contribution in [0, 0.1) is 0 Å². The van der Waals surface area contributed by atoms with Gasteiger partial charge in [-0.05, 0) is 0 Å². The third-order valence-electron chi connectivity index (χ3n) is 3.38. The lowest BCUT2D eigenvalue weighted by Crippen LogP contribution is -2.69. The molecule has 0 saturated carbocycles. The zero-order chi connectivity index (χ0) is 26.4. The molecule has 32 heavy (non-hydrogen) atoms. The Morgan fingerprint density at radius 1 is 0.406 bits per heavy atom. The van der Waals surface area contributed by atoms with E-state index in [1.165, 1.54) is 0 Å². The maximum atomic E-state index is 12.5. The van der Waals surface area contributed by atoms with Crippen LogP contribution in [0.3, 0.4) is 0 Å². The maximum absolute atomic E-state index is 12.5. The fourth-order valence-corrected chi connectivity index (χ4v) is 1.95. The standard InChI is InChI=1S/C11H6F18O3/c12-6(13,14)4(7(15,16)17,8(18,19)20)31-1-3(30)2-32-5(9(21,22)23,10(24,25)26)11(27,28)29/h3,30H,1-2H2. The van der Waals surface area contributed by atoms with Gasteiger partial charge in [-0.2, -0.15) is 79.0 Å². The smallest absolute Gasteiger partial charge is 0.388 e. The molecule has 0 spiro atoms. The summed E-state index contributed by atoms with van der Waals surface area (Å²) < 4.78 is 231. The van der Waals surface area contributed by atoms with Gasteiger partial charge in [-0.25, -0.2) is 0 Å². The first-order valence-electron chi connectivity index (χ1n) is 6.96. The summed E-state index contributed by atoms with van der Waals surface area (Å²) in [5.41, 5.74) is -14.2. The molecular formula is C11H6F18O3. The van der Waals surface area contributed by atoms with E-state index in [1.807, 2.05) is 0 Å². The molecule has 0 atom stereocenters. The highest BCUT2D eigenvalue weighted by Gasteiger charge is 2.87. The van der Waals surface area contributed by atoms with E-state index in [9.17, 15) is 79.0 Å². The van der Waals surface area contributed by atoms with E-state index < -0.39 is 67.6 Å². The highest BCUT2D eigenvalue weighted by atomic mass is 19.4. The molecule has 0 saturated heterocycles. The largest absolute Gasteiger partial charge is 0.435 e. The Kier molecular flexibility index (Phi) is 8.07. The quantitative estimate of drug-likeness (QED) is 0.481. The van der Waals surface area contributed by atoms with E-state index in [1.54, 1.807) is 0 Å². The Hall–Kier alpha value is -1.38. The number of alkyl halides is 18. The van der Waals surface area contributed by atoms with Crippen molar-refractivity contribution in [2.24, 2.45) is 0 Å². The Labute approximate surface area is 162 Å². The van der Waals surface area contributed by atoms with Gasteiger partial charge in [0.05, 0.1) is 13.2 Å². The van der Waals surface area contributed by atoms with Crippen molar-refractivity contribution in [3.63, 3.8) is 0 Å². The first-order chi connectivity index (χ1) is 13.6. The second kappa shape index (κ2) is 8.44. The molecule has 0 aromatic rings. The van der Waals surface area contributed by atoms with Gasteiger partial charge in [-0.3, -0.25) is 0 Å². The van der Waals surface area contributed by atoms with E-state index in [0.717, 1.165) is 0 Å². The van der Waals surface area contributed by atoms with Crippen molar-refractivity contribution in [2.75, 3.05) is 13.2 Å². The zero-order valence-electron chi connectivity index (χ0n) is 14.1. The van der Waals surface area contributed by atoms with Gasteiger partial charge in [0, 0.05) is 0 Å². The Morgan fingerprint density at radius 2 is 0.562 bits per heavy atom. The van der Waals surface area contributed by atoms with E-state index in [-0.39, 0.29) is 0 Å². The van der Waals surface area contributed by atoms with Crippen molar-refractivity contribution in [1.82, 2.24) is 0 Å². The first kappa shape index (κ1) is 30.6. The number of ether oxygens (including phenoxy) is 2. The van der Waals surface area contributed by atoms with Gasteiger partial charge in [-0.15, -0.1) is 0 Å². The third-order valence-corrected chi connectivity index (χ3v) is 3.38. The van der Waals surface area contributed by atoms with E-state index in [2.05, 4.69) is 9.47 Å². The fourth-order valence-electron chi connectivity index (χ4n) is 1.95. The Bertz CT molecular complexity index is 491. The summed E-state index contributed by atoms with van der Waals surface area (Å²) in [5.74, 6) is 0. The number of aliphatic hydroxyl groups is 1. The third kappa shape index (κ3) is 5.23. The van der Waals surface area contributed by atoms with Crippen molar-refractivity contribution < 1.29 is 93.6 Å². The SMILES string of the molecule is OC(COC(C(F)(F)F)(C(F)(F)F)C(F)(F)F)COC(C(F)(F)F)(C(F)(F)F)C(F)(F)F. The van der Waals surface area contributed by atoms with Gasteiger partial charge in [0.1, 0.15) is 6.10 Å². The van der Waals surface area contributed by atoms with Crippen LogP contribution < -0.4 is 0 Å². The van der Waals surface area contributed by atoms with E-state index in [4.69, 9.17) is 5.11 Å². The van der Waals surface area contributed by atoms with Crippen LogP contribution in [-0.4, -0.2) is 72.7 Å². The topological polar surface area (TPSA) is 38.7 Å². The van der Waals surface area contributed by atoms with Crippen LogP contribution >= 0.6 is 0 Å². The van der Waals surface area contributed by atoms with E-state index >= 15 is 0 Å². The van der Waals surface area contributed by atoms with Gasteiger partial charge in [0.15, 0.2) is 0 Å². The Morgan fingerprint density at radius 3 is 0.688 bits per heavy atom. The second-order valence-electron chi connectivity index (χ2n) is 5.62. The molecule has 194 valence electrons. The number of aliphatic hydroxyl groups excluding tert-OH is 1. The van der Waals surface area contributed by atoms with Crippen LogP contribution in [0.25, 0.3) is 0 Å². The van der Waals surface area contributed by atoms with Gasteiger partial charge in [0.25, 0.3) is 0 Å². The summed E-state index contributed by atoms with van der Waals surface area (Å²) in [6, 6.07) is 0. The van der Waals surface area contributed by atoms with Crippen LogP contribution in [0.2, 0.25) is 0 Å². The minimum Gasteiger partial charge on any atom is -0.388 e. The van der Waals surface area contributed by atoms with Crippen LogP contribution in [-0.2, 0) is 9.47 Å². The molecule has 0 aliphatic carbocycles. The molecule has 0 radical (unpaired) electrons. The zero-order valence-corrected chi connectivity index (χ0v) is 14.1. The molecule has 0 aliphatic rings. The van der Waals surface area contributed by atoms with Gasteiger partial charge >= 0.3 is 48.3 Å². The molecular weight excluding hydrogens is 522 g/mol. The number of hydrogen-bond acceptors (Lipinski definition) is 3. The summed E-state index contributed by atoms with van der Waals surface area (Å²) in [7, 11) is 0. The van der Waals surface area contributed by atoms with Crippen LogP contribution in [0.1, 0.15) is 0 Å². The molecule has 0 aromatic carbocycles. The molecule has 0 rings (SSSR count). The Balaban J connectivity index is 6.01. The molecule has 0 amide bonds. The average molecular weight is 528 g/mol. The van der Waals surface area contributed by atoms with Gasteiger partial charge in [0.2, 0.25) is 0 Å². The summed E-state index contributed by atoms with van der Waals surface area (Å²) in [5, 5.41) is 8.92. The minimum atomic E-state index is -7.41. The molecule has 0 aliphatic heterocycles. The number of hydrogen-bond donors (Lipinski definition) is 1. The van der Waals surface area contributed by atoms with Crippen molar-refractivity contribution in [1.29, 1.82) is 0 Å². The predicted octanol–water partition coefficient (Wildman–Crippen LogP) is 5.23. The van der Waals surface area contributed by atoms with E-state index in [0.29, 0.717) is 0 Å². The lowest BCUT2D eigenvalue weighted by molar-refractivity contribution is -0.464. The van der Waals surface area contributed by atoms with Crippen LogP contribution in [0.15, 0.2) is 0 Å². The van der Waals surface area contributed by atoms with Crippen molar-refractivity contribution in [3.05, 3.63) is 0 Å². The number of halogens is 18. The summed E-state index contributed by atoms with van der Waals surface area (Å²) in [6.07, 6.45) is -48.1. The lowest BCUT2D eigenvalue weighted by atomic mass is 10.0. The van der Waals surface area contributed by atoms with Crippen LogP contribution in [0.4, 0.5) is 79.0 Å². The highest BCUT2D eigenvalue weighted by Crippen LogP contribution is 2.56. The minimum absolute atomic E-state index is 2.56. The lowest BCUT2D eigenvalue weighted by Gasteiger charge is -2.39. The summed E-state index contributed by atoms with van der Waals surface area (Å²) in [6.45, 7) is -6.02. The molecule has 0 bridgehead atoms. The molecule has 3 nitrogen and oxygen atoms in total. The first-order valence-corrected chi connectivity index (χ1v) is 6.96. The van der Waals surface area contributed by atoms with Crippen molar-refractivity contribution in [3.8, 4) is 0 Å². The molecule has 0 unspecified atom stereocenters. The normalized spacial score (nSPS) is 16.1. The molecule has 0 fully saturated rings. The summed E-state index contributed by atoms with van der Waals surface area (Å²) >= 11 is 0. The molecule has 0 heterocycles. The second-order valence-corrected chi connectivity index (χ2v) is 5.62. The molecule has 1 N–H and O–H groups in total. The van der Waals surface area contributed by atoms with Crippen molar-refractivity contribution in [2.45, 2.75) is 54.4 Å². The highest BCUT2D eigenvalue weighted by molar-refractivity contribution is 5.04.